The van der Waals surface area contributed by atoms with Crippen LogP contribution in [-0.4, -0.2) is 26.6 Å². The van der Waals surface area contributed by atoms with Gasteiger partial charge in [0, 0.05) is 6.20 Å². The fourth-order valence-electron chi connectivity index (χ4n) is 1.63. The first-order valence-corrected chi connectivity index (χ1v) is 8.19. The highest BCUT2D eigenvalue weighted by Gasteiger charge is 2.09. The monoisotopic (exact) mass is 336 g/mol. The third-order valence-electron chi connectivity index (χ3n) is 2.55. The van der Waals surface area contributed by atoms with E-state index in [1.54, 1.807) is 23.5 Å². The number of thiophene rings is 1. The number of nitrogens with one attached hydrogen (secondary N) is 1. The number of aromatic nitrogens is 3. The largest absolute Gasteiger partial charge is 0.310 e. The van der Waals surface area contributed by atoms with Crippen LogP contribution in [0.3, 0.4) is 0 Å². The van der Waals surface area contributed by atoms with Crippen molar-refractivity contribution in [3.05, 3.63) is 41.1 Å². The van der Waals surface area contributed by atoms with Crippen LogP contribution < -0.4 is 5.32 Å². The molecule has 0 aromatic carbocycles. The first kappa shape index (κ1) is 14.2. The fraction of sp³-hybridized carbons (Fsp3) is 0.0769. The summed E-state index contributed by atoms with van der Waals surface area (Å²) in [5, 5.41) is 6.02. The summed E-state index contributed by atoms with van der Waals surface area (Å²) in [6.45, 7) is 0. The Labute approximate surface area is 133 Å². The summed E-state index contributed by atoms with van der Waals surface area (Å²) in [4.78, 5) is 24.3. The molecule has 0 atom stereocenters. The number of anilines is 1. The quantitative estimate of drug-likeness (QED) is 0.583. The van der Waals surface area contributed by atoms with Gasteiger partial charge in [-0.05, 0) is 23.6 Å². The van der Waals surface area contributed by atoms with Crippen LogP contribution in [0, 0.1) is 0 Å². The van der Waals surface area contributed by atoms with Crippen LogP contribution >= 0.6 is 34.7 Å². The van der Waals surface area contributed by atoms with Crippen molar-refractivity contribution in [2.45, 2.75) is 5.03 Å². The number of halogens is 1. The average Bonchev–Trinajstić information content (AvgIpc) is 2.96. The van der Waals surface area contributed by atoms with Crippen LogP contribution in [0.25, 0.3) is 10.2 Å². The van der Waals surface area contributed by atoms with Gasteiger partial charge < -0.3 is 5.32 Å². The van der Waals surface area contributed by atoms with Gasteiger partial charge in [0.1, 0.15) is 17.2 Å². The maximum Gasteiger partial charge on any atom is 0.235 e. The first-order chi connectivity index (χ1) is 10.2. The lowest BCUT2D eigenvalue weighted by Crippen LogP contribution is -2.14. The van der Waals surface area contributed by atoms with Gasteiger partial charge in [0.25, 0.3) is 0 Å². The van der Waals surface area contributed by atoms with Crippen LogP contribution in [0.2, 0.25) is 5.02 Å². The number of hydrogen-bond acceptors (Lipinski definition) is 6. The third kappa shape index (κ3) is 3.49. The standard InChI is InChI=1S/C13H9ClN4OS2/c14-8-1-2-10(15-5-8)18-11(19)6-21-13-12-9(3-4-20-12)16-7-17-13/h1-5,7H,6H2,(H,15,18,19). The van der Waals surface area contributed by atoms with Gasteiger partial charge in [-0.25, -0.2) is 15.0 Å². The zero-order valence-electron chi connectivity index (χ0n) is 10.6. The highest BCUT2D eigenvalue weighted by Crippen LogP contribution is 2.28. The molecule has 3 heterocycles. The van der Waals surface area contributed by atoms with Crippen molar-refractivity contribution < 1.29 is 4.79 Å². The van der Waals surface area contributed by atoms with Crippen molar-refractivity contribution in [1.82, 2.24) is 15.0 Å². The Morgan fingerprint density at radius 3 is 3.00 bits per heavy atom. The summed E-state index contributed by atoms with van der Waals surface area (Å²) in [6, 6.07) is 5.27. The Hall–Kier alpha value is -1.70. The number of fused-ring (bicyclic) bond motifs is 1. The molecule has 0 radical (unpaired) electrons. The molecule has 0 fully saturated rings. The summed E-state index contributed by atoms with van der Waals surface area (Å²) >= 11 is 8.69. The minimum Gasteiger partial charge on any atom is -0.310 e. The van der Waals surface area contributed by atoms with Gasteiger partial charge in [-0.3, -0.25) is 4.79 Å². The first-order valence-electron chi connectivity index (χ1n) is 5.95. The average molecular weight is 337 g/mol. The molecule has 0 bridgehead atoms. The molecule has 0 aliphatic heterocycles. The van der Waals surface area contributed by atoms with Crippen LogP contribution in [0.1, 0.15) is 0 Å². The number of rotatable bonds is 4. The van der Waals surface area contributed by atoms with E-state index in [1.165, 1.54) is 24.3 Å². The predicted molar refractivity (Wildman–Crippen MR) is 86.0 cm³/mol. The van der Waals surface area contributed by atoms with Gasteiger partial charge in [0.15, 0.2) is 0 Å². The van der Waals surface area contributed by atoms with E-state index < -0.39 is 0 Å². The molecular weight excluding hydrogens is 328 g/mol. The molecule has 0 unspecified atom stereocenters. The Morgan fingerprint density at radius 2 is 2.19 bits per heavy atom. The number of pyridine rings is 1. The third-order valence-corrected chi connectivity index (χ3v) is 4.80. The van der Waals surface area contributed by atoms with Gasteiger partial charge in [-0.2, -0.15) is 0 Å². The minimum absolute atomic E-state index is 0.141. The van der Waals surface area contributed by atoms with Crippen molar-refractivity contribution in [2.24, 2.45) is 0 Å². The van der Waals surface area contributed by atoms with Crippen molar-refractivity contribution >= 4 is 56.6 Å². The van der Waals surface area contributed by atoms with Gasteiger partial charge in [-0.15, -0.1) is 11.3 Å². The molecule has 106 valence electrons. The summed E-state index contributed by atoms with van der Waals surface area (Å²) in [5.74, 6) is 0.598. The maximum absolute atomic E-state index is 11.9. The molecule has 5 nitrogen and oxygen atoms in total. The lowest BCUT2D eigenvalue weighted by molar-refractivity contribution is -0.113. The molecule has 3 rings (SSSR count). The highest BCUT2D eigenvalue weighted by molar-refractivity contribution is 8.00. The number of hydrogen-bond donors (Lipinski definition) is 1. The minimum atomic E-state index is -0.141. The zero-order chi connectivity index (χ0) is 14.7. The van der Waals surface area contributed by atoms with E-state index in [0.717, 1.165) is 15.2 Å². The Kier molecular flexibility index (Phi) is 4.33. The molecule has 3 aromatic heterocycles. The Morgan fingerprint density at radius 1 is 1.29 bits per heavy atom. The fourth-order valence-corrected chi connectivity index (χ4v) is 3.49. The molecule has 0 spiro atoms. The number of thioether (sulfide) groups is 1. The number of amides is 1. The molecule has 8 heteroatoms. The number of nitrogens with zero attached hydrogens (tertiary/aromatic N) is 3. The summed E-state index contributed by atoms with van der Waals surface area (Å²) < 4.78 is 1.000. The van der Waals surface area contributed by atoms with Crippen LogP contribution in [0.4, 0.5) is 5.82 Å². The van der Waals surface area contributed by atoms with Gasteiger partial charge in [0.2, 0.25) is 5.91 Å². The normalized spacial score (nSPS) is 10.7. The van der Waals surface area contributed by atoms with Crippen molar-refractivity contribution in [1.29, 1.82) is 0 Å². The van der Waals surface area contributed by atoms with E-state index in [9.17, 15) is 4.79 Å². The SMILES string of the molecule is O=C(CSc1ncnc2ccsc12)Nc1ccc(Cl)cn1. The van der Waals surface area contributed by atoms with Crippen LogP contribution in [-0.2, 0) is 4.79 Å². The van der Waals surface area contributed by atoms with Crippen molar-refractivity contribution in [3.63, 3.8) is 0 Å². The molecular formula is C13H9ClN4OS2. The smallest absolute Gasteiger partial charge is 0.235 e. The van der Waals surface area contributed by atoms with Gasteiger partial charge in [-0.1, -0.05) is 23.4 Å². The molecule has 0 saturated carbocycles. The molecule has 21 heavy (non-hydrogen) atoms. The molecule has 3 aromatic rings. The van der Waals surface area contributed by atoms with Gasteiger partial charge >= 0.3 is 0 Å². The summed E-state index contributed by atoms with van der Waals surface area (Å²) in [7, 11) is 0. The Balaban J connectivity index is 1.63. The topological polar surface area (TPSA) is 67.8 Å². The van der Waals surface area contributed by atoms with E-state index in [2.05, 4.69) is 20.3 Å². The van der Waals surface area contributed by atoms with Gasteiger partial charge in [0.05, 0.1) is 21.0 Å². The van der Waals surface area contributed by atoms with E-state index >= 15 is 0 Å². The summed E-state index contributed by atoms with van der Waals surface area (Å²) in [6.07, 6.45) is 3.00. The Bertz CT molecular complexity index is 775. The molecule has 1 amide bonds. The highest BCUT2D eigenvalue weighted by atomic mass is 35.5. The zero-order valence-corrected chi connectivity index (χ0v) is 13.0. The molecule has 0 saturated heterocycles. The number of carbonyl (C=O) groups excluding carboxylic acids is 1. The van der Waals surface area contributed by atoms with E-state index in [0.29, 0.717) is 10.8 Å². The molecule has 0 aliphatic carbocycles. The number of carbonyl (C=O) groups is 1. The molecule has 1 N–H and O–H groups in total. The summed E-state index contributed by atoms with van der Waals surface area (Å²) in [5.41, 5.74) is 0.900. The van der Waals surface area contributed by atoms with Crippen LogP contribution in [0.5, 0.6) is 0 Å². The van der Waals surface area contributed by atoms with Crippen molar-refractivity contribution in [3.8, 4) is 0 Å². The molecule has 0 aliphatic rings. The predicted octanol–water partition coefficient (Wildman–Crippen LogP) is 3.47. The van der Waals surface area contributed by atoms with E-state index in [-0.39, 0.29) is 11.7 Å². The lowest BCUT2D eigenvalue weighted by atomic mass is 10.4. The van der Waals surface area contributed by atoms with E-state index in [4.69, 9.17) is 11.6 Å². The lowest BCUT2D eigenvalue weighted by Gasteiger charge is -2.04. The van der Waals surface area contributed by atoms with Crippen molar-refractivity contribution in [2.75, 3.05) is 11.1 Å². The second-order valence-electron chi connectivity index (χ2n) is 4.01. The van der Waals surface area contributed by atoms with Crippen LogP contribution in [0.15, 0.2) is 41.1 Å². The maximum atomic E-state index is 11.9. The second-order valence-corrected chi connectivity index (χ2v) is 6.33. The van der Waals surface area contributed by atoms with E-state index in [1.807, 2.05) is 11.4 Å². The second kappa shape index (κ2) is 6.38.